The van der Waals surface area contributed by atoms with Crippen molar-refractivity contribution in [3.05, 3.63) is 30.3 Å². The Labute approximate surface area is 78.5 Å². The molecule has 68 valence electrons. The lowest BCUT2D eigenvalue weighted by molar-refractivity contribution is 0.120. The average molecular weight is 189 g/mol. The Hall–Kier alpha value is -0.770. The number of benzene rings is 1. The first kappa shape index (κ1) is 11.2. The molecule has 0 radical (unpaired) electrons. The monoisotopic (exact) mass is 188 g/mol. The molecule has 1 aromatic rings. The van der Waals surface area contributed by atoms with Gasteiger partial charge in [0, 0.05) is 0 Å². The molecule has 0 aliphatic heterocycles. The van der Waals surface area contributed by atoms with E-state index >= 15 is 0 Å². The molecule has 0 aliphatic carbocycles. The van der Waals surface area contributed by atoms with Crippen LogP contribution >= 0.6 is 12.4 Å². The molecule has 2 N–H and O–H groups in total. The molecule has 0 amide bonds. The van der Waals surface area contributed by atoms with Crippen LogP contribution in [0.5, 0.6) is 0 Å². The molecule has 0 bridgehead atoms. The van der Waals surface area contributed by atoms with Gasteiger partial charge in [-0.2, -0.15) is 5.17 Å². The first-order valence-electron chi connectivity index (χ1n) is 3.57. The van der Waals surface area contributed by atoms with E-state index in [1.807, 2.05) is 37.3 Å². The summed E-state index contributed by atoms with van der Waals surface area (Å²) in [7, 11) is 0. The highest BCUT2D eigenvalue weighted by Gasteiger charge is 1.96. The number of hydrazine groups is 1. The van der Waals surface area contributed by atoms with Gasteiger partial charge in [-0.1, -0.05) is 18.2 Å². The quantitative estimate of drug-likeness (QED) is 0.580. The van der Waals surface area contributed by atoms with Gasteiger partial charge in [0.05, 0.1) is 12.3 Å². The van der Waals surface area contributed by atoms with Crippen LogP contribution in [-0.4, -0.2) is 6.61 Å². The van der Waals surface area contributed by atoms with E-state index in [2.05, 4.69) is 0 Å². The maximum absolute atomic E-state index is 5.52. The fourth-order valence-corrected chi connectivity index (χ4v) is 0.789. The van der Waals surface area contributed by atoms with Gasteiger partial charge in [0.1, 0.15) is 0 Å². The molecular formula is C8H13ClN2O. The SMILES string of the molecule is CCON(N)c1ccccc1.Cl. The molecule has 0 fully saturated rings. The van der Waals surface area contributed by atoms with Crippen LogP contribution in [0.1, 0.15) is 6.92 Å². The minimum atomic E-state index is 0. The van der Waals surface area contributed by atoms with Crippen LogP contribution in [0.15, 0.2) is 30.3 Å². The maximum Gasteiger partial charge on any atom is 0.0820 e. The molecule has 4 heteroatoms. The van der Waals surface area contributed by atoms with E-state index in [0.717, 1.165) is 5.69 Å². The van der Waals surface area contributed by atoms with Gasteiger partial charge in [0.2, 0.25) is 0 Å². The van der Waals surface area contributed by atoms with Gasteiger partial charge in [-0.3, -0.25) is 4.84 Å². The first-order chi connectivity index (χ1) is 5.34. The van der Waals surface area contributed by atoms with E-state index in [1.165, 1.54) is 5.17 Å². The fourth-order valence-electron chi connectivity index (χ4n) is 0.789. The minimum Gasteiger partial charge on any atom is -0.258 e. The Morgan fingerprint density at radius 3 is 2.42 bits per heavy atom. The van der Waals surface area contributed by atoms with Crippen LogP contribution in [-0.2, 0) is 4.84 Å². The van der Waals surface area contributed by atoms with Gasteiger partial charge >= 0.3 is 0 Å². The zero-order chi connectivity index (χ0) is 8.10. The van der Waals surface area contributed by atoms with Crippen molar-refractivity contribution in [2.45, 2.75) is 6.92 Å². The van der Waals surface area contributed by atoms with Crippen molar-refractivity contribution in [1.29, 1.82) is 0 Å². The molecule has 3 nitrogen and oxygen atoms in total. The molecule has 1 rings (SSSR count). The van der Waals surface area contributed by atoms with E-state index in [1.54, 1.807) is 0 Å². The number of anilines is 1. The zero-order valence-electron chi connectivity index (χ0n) is 6.93. The van der Waals surface area contributed by atoms with Crippen LogP contribution in [0.25, 0.3) is 0 Å². The summed E-state index contributed by atoms with van der Waals surface area (Å²) in [6.45, 7) is 2.47. The standard InChI is InChI=1S/C8H12N2O.ClH/c1-2-11-10(9)8-6-4-3-5-7-8;/h3-7H,2,9H2,1H3;1H. The molecule has 0 spiro atoms. The number of nitrogens with zero attached hydrogens (tertiary/aromatic N) is 1. The Morgan fingerprint density at radius 1 is 1.33 bits per heavy atom. The number of nitrogens with two attached hydrogens (primary N) is 1. The second-order valence-corrected chi connectivity index (χ2v) is 2.08. The number of hydrogen-bond donors (Lipinski definition) is 1. The molecule has 0 aliphatic rings. The maximum atomic E-state index is 5.52. The summed E-state index contributed by atoms with van der Waals surface area (Å²) in [4.78, 5) is 5.04. The lowest BCUT2D eigenvalue weighted by atomic mass is 10.3. The first-order valence-corrected chi connectivity index (χ1v) is 3.57. The Bertz CT molecular complexity index is 205. The van der Waals surface area contributed by atoms with Crippen molar-refractivity contribution in [2.75, 3.05) is 11.8 Å². The van der Waals surface area contributed by atoms with E-state index in [0.29, 0.717) is 6.61 Å². The highest BCUT2D eigenvalue weighted by Crippen LogP contribution is 2.08. The smallest absolute Gasteiger partial charge is 0.0820 e. The van der Waals surface area contributed by atoms with E-state index in [9.17, 15) is 0 Å². The van der Waals surface area contributed by atoms with Gasteiger partial charge in [0.25, 0.3) is 0 Å². The lowest BCUT2D eigenvalue weighted by Crippen LogP contribution is -2.30. The van der Waals surface area contributed by atoms with E-state index in [-0.39, 0.29) is 12.4 Å². The highest BCUT2D eigenvalue weighted by atomic mass is 35.5. The van der Waals surface area contributed by atoms with Gasteiger partial charge in [-0.15, -0.1) is 12.4 Å². The predicted octanol–water partition coefficient (Wildman–Crippen LogP) is 1.74. The fraction of sp³-hybridized carbons (Fsp3) is 0.250. The summed E-state index contributed by atoms with van der Waals surface area (Å²) in [5, 5.41) is 1.26. The van der Waals surface area contributed by atoms with Crippen LogP contribution in [0.4, 0.5) is 5.69 Å². The summed E-state index contributed by atoms with van der Waals surface area (Å²) in [6.07, 6.45) is 0. The summed E-state index contributed by atoms with van der Waals surface area (Å²) in [5.74, 6) is 5.52. The molecular weight excluding hydrogens is 176 g/mol. The molecule has 12 heavy (non-hydrogen) atoms. The molecule has 1 aromatic carbocycles. The van der Waals surface area contributed by atoms with Crippen LogP contribution in [0, 0.1) is 0 Å². The van der Waals surface area contributed by atoms with Gasteiger partial charge < -0.3 is 0 Å². The third kappa shape index (κ3) is 3.09. The molecule has 0 heterocycles. The molecule has 0 saturated heterocycles. The topological polar surface area (TPSA) is 38.5 Å². The normalized spacial score (nSPS) is 8.83. The van der Waals surface area contributed by atoms with Crippen LogP contribution in [0.2, 0.25) is 0 Å². The third-order valence-corrected chi connectivity index (χ3v) is 1.28. The summed E-state index contributed by atoms with van der Waals surface area (Å²) in [6, 6.07) is 9.52. The number of rotatable bonds is 3. The van der Waals surface area contributed by atoms with Crippen molar-refractivity contribution in [3.63, 3.8) is 0 Å². The van der Waals surface area contributed by atoms with Crippen molar-refractivity contribution < 1.29 is 4.84 Å². The second kappa shape index (κ2) is 5.83. The Kier molecular flexibility index (Phi) is 5.45. The van der Waals surface area contributed by atoms with E-state index < -0.39 is 0 Å². The average Bonchev–Trinajstić information content (AvgIpc) is 2.07. The van der Waals surface area contributed by atoms with Gasteiger partial charge in [-0.25, -0.2) is 5.84 Å². The molecule has 0 aromatic heterocycles. The Morgan fingerprint density at radius 2 is 1.92 bits per heavy atom. The number of halogens is 1. The Balaban J connectivity index is 0.00000121. The molecule has 0 saturated carbocycles. The molecule has 0 atom stereocenters. The largest absolute Gasteiger partial charge is 0.258 e. The highest BCUT2D eigenvalue weighted by molar-refractivity contribution is 5.85. The van der Waals surface area contributed by atoms with Gasteiger partial charge in [-0.05, 0) is 19.1 Å². The summed E-state index contributed by atoms with van der Waals surface area (Å²) < 4.78 is 0. The second-order valence-electron chi connectivity index (χ2n) is 2.08. The van der Waals surface area contributed by atoms with Gasteiger partial charge in [0.15, 0.2) is 0 Å². The van der Waals surface area contributed by atoms with Crippen LogP contribution in [0.3, 0.4) is 0 Å². The summed E-state index contributed by atoms with van der Waals surface area (Å²) >= 11 is 0. The van der Waals surface area contributed by atoms with Crippen molar-refractivity contribution in [1.82, 2.24) is 0 Å². The molecule has 0 unspecified atom stereocenters. The van der Waals surface area contributed by atoms with E-state index in [4.69, 9.17) is 10.7 Å². The lowest BCUT2D eigenvalue weighted by Gasteiger charge is -2.15. The van der Waals surface area contributed by atoms with Crippen molar-refractivity contribution in [3.8, 4) is 0 Å². The predicted molar refractivity (Wildman–Crippen MR) is 52.0 cm³/mol. The number of hydrogen-bond acceptors (Lipinski definition) is 3. The van der Waals surface area contributed by atoms with Crippen LogP contribution < -0.4 is 11.0 Å². The number of para-hydroxylation sites is 1. The zero-order valence-corrected chi connectivity index (χ0v) is 7.75. The van der Waals surface area contributed by atoms with Crippen molar-refractivity contribution >= 4 is 18.1 Å². The third-order valence-electron chi connectivity index (χ3n) is 1.28. The summed E-state index contributed by atoms with van der Waals surface area (Å²) in [5.41, 5.74) is 0.856. The minimum absolute atomic E-state index is 0. The van der Waals surface area contributed by atoms with Crippen molar-refractivity contribution in [2.24, 2.45) is 5.84 Å².